The van der Waals surface area contributed by atoms with Crippen LogP contribution in [0.1, 0.15) is 57.4 Å². The van der Waals surface area contributed by atoms with Crippen LogP contribution in [0.25, 0.3) is 32.9 Å². The van der Waals surface area contributed by atoms with Crippen molar-refractivity contribution in [3.63, 3.8) is 0 Å². The predicted molar refractivity (Wildman–Crippen MR) is 172 cm³/mol. The van der Waals surface area contributed by atoms with E-state index in [2.05, 4.69) is 28.8 Å². The molecular weight excluding hydrogens is 592 g/mol. The highest BCUT2D eigenvalue weighted by atomic mass is 19.1. The maximum atomic E-state index is 16.9. The van der Waals surface area contributed by atoms with E-state index in [1.165, 1.54) is 18.3 Å². The van der Waals surface area contributed by atoms with Gasteiger partial charge in [0.25, 0.3) is 0 Å². The number of benzene rings is 2. The topological polar surface area (TPSA) is 104 Å². The summed E-state index contributed by atoms with van der Waals surface area (Å²) in [7, 11) is 2.11. The molecule has 11 heteroatoms. The molecule has 4 aromatic rings. The zero-order chi connectivity index (χ0) is 32.0. The van der Waals surface area contributed by atoms with Crippen molar-refractivity contribution in [2.24, 2.45) is 0 Å². The predicted octanol–water partition coefficient (Wildman–Crippen LogP) is 5.76. The molecule has 6 bridgehead atoms. The molecule has 8 rings (SSSR count). The Bertz CT molecular complexity index is 1770. The number of phenols is 1. The summed E-state index contributed by atoms with van der Waals surface area (Å²) in [6, 6.07) is 5.99. The number of hydrogen-bond acceptors (Lipinski definition) is 9. The number of aryl methyl sites for hydroxylation is 1. The smallest absolute Gasteiger partial charge is 0.319 e. The monoisotopic (exact) mass is 633 g/mol. The number of likely N-dealkylation sites (N-methyl/N-ethyl adjacent to an activating group) is 1. The first-order valence-electron chi connectivity index (χ1n) is 16.5. The van der Waals surface area contributed by atoms with Crippen LogP contribution in [0.5, 0.6) is 11.8 Å². The van der Waals surface area contributed by atoms with E-state index >= 15 is 8.78 Å². The molecule has 2 aromatic carbocycles. The summed E-state index contributed by atoms with van der Waals surface area (Å²) in [6.45, 7) is 4.58. The van der Waals surface area contributed by atoms with Gasteiger partial charge in [0.05, 0.1) is 23.1 Å². The van der Waals surface area contributed by atoms with E-state index in [1.54, 1.807) is 12.1 Å². The second-order valence-corrected chi connectivity index (χ2v) is 13.2. The van der Waals surface area contributed by atoms with Crippen LogP contribution < -0.4 is 9.64 Å². The van der Waals surface area contributed by atoms with Crippen LogP contribution in [-0.4, -0.2) is 87.7 Å². The molecule has 0 radical (unpaired) electrons. The van der Waals surface area contributed by atoms with E-state index in [4.69, 9.17) is 14.5 Å². The minimum atomic E-state index is -0.715. The van der Waals surface area contributed by atoms with E-state index < -0.39 is 17.7 Å². The number of fused-ring (bicyclic) bond motifs is 4. The van der Waals surface area contributed by atoms with Crippen LogP contribution >= 0.6 is 0 Å². The van der Waals surface area contributed by atoms with E-state index in [9.17, 15) is 10.2 Å². The van der Waals surface area contributed by atoms with Gasteiger partial charge in [-0.15, -0.1) is 0 Å². The van der Waals surface area contributed by atoms with Gasteiger partial charge in [-0.1, -0.05) is 19.4 Å². The van der Waals surface area contributed by atoms with E-state index in [1.807, 2.05) is 4.90 Å². The van der Waals surface area contributed by atoms with Crippen molar-refractivity contribution in [1.29, 1.82) is 0 Å². The van der Waals surface area contributed by atoms with Gasteiger partial charge in [-0.3, -0.25) is 9.88 Å². The van der Waals surface area contributed by atoms with Crippen molar-refractivity contribution in [1.82, 2.24) is 19.9 Å². The minimum absolute atomic E-state index is 0.00911. The molecule has 2 aromatic heterocycles. The van der Waals surface area contributed by atoms with Gasteiger partial charge in [0.15, 0.2) is 5.82 Å². The third-order valence-electron chi connectivity index (χ3n) is 10.1. The Morgan fingerprint density at radius 2 is 2.00 bits per heavy atom. The van der Waals surface area contributed by atoms with Crippen LogP contribution in [0.15, 0.2) is 30.5 Å². The van der Waals surface area contributed by atoms with Crippen molar-refractivity contribution in [3.05, 3.63) is 47.7 Å². The zero-order valence-electron chi connectivity index (χ0n) is 26.4. The van der Waals surface area contributed by atoms with Gasteiger partial charge in [0.1, 0.15) is 35.2 Å². The molecule has 0 spiro atoms. The Morgan fingerprint density at radius 3 is 2.80 bits per heavy atom. The lowest BCUT2D eigenvalue weighted by Crippen LogP contribution is -2.46. The fourth-order valence-electron chi connectivity index (χ4n) is 7.70. The van der Waals surface area contributed by atoms with Gasteiger partial charge in [-0.05, 0) is 93.1 Å². The van der Waals surface area contributed by atoms with Crippen molar-refractivity contribution < 1.29 is 28.5 Å². The molecule has 4 aliphatic rings. The van der Waals surface area contributed by atoms with Crippen molar-refractivity contribution in [2.75, 3.05) is 44.8 Å². The second-order valence-electron chi connectivity index (χ2n) is 13.2. The summed E-state index contributed by atoms with van der Waals surface area (Å²) >= 11 is 0. The fraction of sp³-hybridized carbons (Fsp3) is 0.514. The van der Waals surface area contributed by atoms with E-state index in [0.717, 1.165) is 32.2 Å². The summed E-state index contributed by atoms with van der Waals surface area (Å²) in [5.74, 6) is -0.791. The molecule has 2 saturated heterocycles. The number of aromatic hydroxyl groups is 1. The van der Waals surface area contributed by atoms with Gasteiger partial charge in [-0.25, -0.2) is 8.78 Å². The number of ether oxygens (including phenoxy) is 2. The Kier molecular flexibility index (Phi) is 8.41. The largest absolute Gasteiger partial charge is 0.508 e. The molecule has 46 heavy (non-hydrogen) atoms. The molecule has 2 N–H and O–H groups in total. The van der Waals surface area contributed by atoms with Crippen LogP contribution in [0, 0.1) is 11.6 Å². The first-order chi connectivity index (χ1) is 22.3. The molecule has 3 atom stereocenters. The molecule has 0 aliphatic carbocycles. The number of pyridine rings is 1. The number of phenolic OH excluding ortho intramolecular Hbond substituents is 1. The third kappa shape index (κ3) is 5.62. The highest BCUT2D eigenvalue weighted by molar-refractivity contribution is 6.01. The van der Waals surface area contributed by atoms with Crippen LogP contribution in [0.2, 0.25) is 0 Å². The Balaban J connectivity index is 1.44. The zero-order valence-corrected chi connectivity index (χ0v) is 26.4. The molecule has 2 fully saturated rings. The number of likely N-dealkylation sites (tertiary alicyclic amines) is 1. The molecule has 6 heterocycles. The van der Waals surface area contributed by atoms with Gasteiger partial charge < -0.3 is 24.6 Å². The summed E-state index contributed by atoms with van der Waals surface area (Å²) in [5, 5.41) is 23.0. The van der Waals surface area contributed by atoms with Crippen LogP contribution in [-0.2, 0) is 11.2 Å². The number of aliphatic hydroxyl groups excluding tert-OH is 1. The van der Waals surface area contributed by atoms with Gasteiger partial charge >= 0.3 is 6.01 Å². The Morgan fingerprint density at radius 1 is 1.13 bits per heavy atom. The SMILES string of the molecule is CCCC1(COc2nc3c4cnc(c(F)c4n2)-c2cc(O)cc4ccc(F)c(c24)CCCOC2CCC(O)CN3C2)CCCN1C. The minimum Gasteiger partial charge on any atom is -0.508 e. The lowest BCUT2D eigenvalue weighted by molar-refractivity contribution is 0.0484. The highest BCUT2D eigenvalue weighted by Crippen LogP contribution is 2.40. The third-order valence-corrected chi connectivity index (χ3v) is 10.1. The lowest BCUT2D eigenvalue weighted by atomic mass is 9.92. The number of aromatic nitrogens is 3. The molecule has 3 unspecified atom stereocenters. The number of rotatable bonds is 5. The normalized spacial score (nSPS) is 24.0. The van der Waals surface area contributed by atoms with Gasteiger partial charge in [0.2, 0.25) is 0 Å². The maximum Gasteiger partial charge on any atom is 0.319 e. The van der Waals surface area contributed by atoms with Crippen LogP contribution in [0.4, 0.5) is 14.6 Å². The number of aliphatic hydroxyl groups is 1. The second kappa shape index (κ2) is 12.5. The molecule has 0 saturated carbocycles. The molecule has 4 aliphatic heterocycles. The van der Waals surface area contributed by atoms with E-state index in [-0.39, 0.29) is 46.7 Å². The summed E-state index contributed by atoms with van der Waals surface area (Å²) in [6.07, 6.45) is 6.73. The highest BCUT2D eigenvalue weighted by Gasteiger charge is 2.39. The first kappa shape index (κ1) is 31.0. The van der Waals surface area contributed by atoms with Gasteiger partial charge in [0, 0.05) is 31.5 Å². The Labute approximate surface area is 267 Å². The summed E-state index contributed by atoms with van der Waals surface area (Å²) in [5.41, 5.74) is 0.495. The Hall–Kier alpha value is -3.67. The average molecular weight is 634 g/mol. The first-order valence-corrected chi connectivity index (χ1v) is 16.5. The summed E-state index contributed by atoms with van der Waals surface area (Å²) in [4.78, 5) is 18.3. The van der Waals surface area contributed by atoms with E-state index in [0.29, 0.717) is 73.0 Å². The fourth-order valence-corrected chi connectivity index (χ4v) is 7.70. The molecular formula is C35H41F2N5O4. The van der Waals surface area contributed by atoms with Crippen molar-refractivity contribution in [2.45, 2.75) is 76.0 Å². The molecule has 0 amide bonds. The van der Waals surface area contributed by atoms with Crippen LogP contribution in [0.3, 0.4) is 0 Å². The summed E-state index contributed by atoms with van der Waals surface area (Å²) < 4.78 is 45.0. The number of nitrogens with zero attached hydrogens (tertiary/aromatic N) is 5. The molecule has 9 nitrogen and oxygen atoms in total. The average Bonchev–Trinajstić information content (AvgIpc) is 3.28. The van der Waals surface area contributed by atoms with Crippen molar-refractivity contribution in [3.8, 4) is 23.0 Å². The molecule has 244 valence electrons. The number of anilines is 1. The lowest BCUT2D eigenvalue weighted by Gasteiger charge is -2.35. The van der Waals surface area contributed by atoms with Crippen molar-refractivity contribution >= 4 is 27.5 Å². The standard InChI is InChI=1S/C35H41F2N5O4/c1-3-11-35(12-5-13-41(35)2)20-46-34-39-32-27-17-38-31(30(32)37)26-16-23(44)15-21-7-10-28(36)25(29(21)26)6-4-14-45-24-9-8-22(43)18-42(19-24)33(27)40-34/h7,10,15-17,22,24,43-44H,3-6,8-9,11-14,18-20H2,1-2H3. The quantitative estimate of drug-likeness (QED) is 0.284. The number of hydrogen-bond donors (Lipinski definition) is 2. The maximum absolute atomic E-state index is 16.9. The van der Waals surface area contributed by atoms with Gasteiger partial charge in [-0.2, -0.15) is 9.97 Å². The number of halogens is 2.